The molecular weight excluding hydrogens is 490 g/mol. The number of pyridine rings is 1. The number of hydrogen-bond acceptors (Lipinski definition) is 6. The van der Waals surface area contributed by atoms with Crippen molar-refractivity contribution in [2.75, 3.05) is 14.2 Å². The molecule has 36 heavy (non-hydrogen) atoms. The first-order chi connectivity index (χ1) is 16.9. The highest BCUT2D eigenvalue weighted by molar-refractivity contribution is 7.15. The van der Waals surface area contributed by atoms with E-state index in [1.165, 1.54) is 17.6 Å². The van der Waals surface area contributed by atoms with Crippen LogP contribution in [-0.2, 0) is 22.0 Å². The highest BCUT2D eigenvalue weighted by Gasteiger charge is 2.41. The fourth-order valence-corrected chi connectivity index (χ4v) is 7.49. The van der Waals surface area contributed by atoms with Crippen LogP contribution >= 0.6 is 11.3 Å². The summed E-state index contributed by atoms with van der Waals surface area (Å²) in [6, 6.07) is 6.30. The summed E-state index contributed by atoms with van der Waals surface area (Å²) in [6.07, 6.45) is 5.79. The van der Waals surface area contributed by atoms with Gasteiger partial charge in [0.15, 0.2) is 14.1 Å². The van der Waals surface area contributed by atoms with Gasteiger partial charge in [-0.2, -0.15) is 0 Å². The zero-order chi connectivity index (χ0) is 26.0. The van der Waals surface area contributed by atoms with Crippen LogP contribution in [0.5, 0.6) is 5.75 Å². The molecule has 0 amide bonds. The van der Waals surface area contributed by atoms with Gasteiger partial charge in [0.05, 0.1) is 31.2 Å². The molecule has 2 aliphatic rings. The molecular formula is C28H35NO5SSi. The fraction of sp³-hybridized carbons (Fsp3) is 0.500. The number of hydrogen-bond donors (Lipinski definition) is 0. The van der Waals surface area contributed by atoms with Crippen LogP contribution in [0.15, 0.2) is 29.2 Å². The van der Waals surface area contributed by atoms with Crippen molar-refractivity contribution in [1.82, 2.24) is 4.57 Å². The van der Waals surface area contributed by atoms with Crippen molar-refractivity contribution in [3.05, 3.63) is 50.6 Å². The SMILES string of the molecule is COC(=O)c1cn(C2CC2)c2c(OC)c(-c3cc4c(s3)CC(O[Si](C)(C)C(C)(C)C)C4)ccc2c1=O. The summed E-state index contributed by atoms with van der Waals surface area (Å²) in [4.78, 5) is 28.0. The third-order valence-corrected chi connectivity index (χ3v) is 13.8. The van der Waals surface area contributed by atoms with Gasteiger partial charge in [-0.15, -0.1) is 11.3 Å². The van der Waals surface area contributed by atoms with E-state index in [1.54, 1.807) is 24.6 Å². The van der Waals surface area contributed by atoms with Gasteiger partial charge in [-0.3, -0.25) is 4.79 Å². The summed E-state index contributed by atoms with van der Waals surface area (Å²) in [5, 5.41) is 0.676. The number of rotatable bonds is 6. The minimum absolute atomic E-state index is 0.0644. The molecule has 8 heteroatoms. The van der Waals surface area contributed by atoms with Gasteiger partial charge in [-0.25, -0.2) is 4.79 Å². The molecule has 1 saturated carbocycles. The van der Waals surface area contributed by atoms with Gasteiger partial charge < -0.3 is 18.5 Å². The summed E-state index contributed by atoms with van der Waals surface area (Å²) >= 11 is 1.79. The Bertz CT molecular complexity index is 1390. The Balaban J connectivity index is 1.54. The maximum absolute atomic E-state index is 13.2. The third-order valence-electron chi connectivity index (χ3n) is 7.99. The summed E-state index contributed by atoms with van der Waals surface area (Å²) in [5.41, 5.74) is 2.82. The zero-order valence-electron chi connectivity index (χ0n) is 22.2. The topological polar surface area (TPSA) is 66.8 Å². The Morgan fingerprint density at radius 3 is 2.44 bits per heavy atom. The molecule has 0 aliphatic heterocycles. The van der Waals surface area contributed by atoms with Gasteiger partial charge in [0.1, 0.15) is 5.56 Å². The molecule has 192 valence electrons. The molecule has 5 rings (SSSR count). The zero-order valence-corrected chi connectivity index (χ0v) is 24.0. The molecule has 0 spiro atoms. The maximum Gasteiger partial charge on any atom is 0.343 e. The molecule has 2 aromatic heterocycles. The van der Waals surface area contributed by atoms with E-state index >= 15 is 0 Å². The van der Waals surface area contributed by atoms with E-state index in [0.717, 1.165) is 41.6 Å². The molecule has 2 heterocycles. The largest absolute Gasteiger partial charge is 0.494 e. The van der Waals surface area contributed by atoms with Crippen molar-refractivity contribution in [3.8, 4) is 16.2 Å². The van der Waals surface area contributed by atoms with Gasteiger partial charge in [0, 0.05) is 34.0 Å². The fourth-order valence-electron chi connectivity index (χ4n) is 4.86. The highest BCUT2D eigenvalue weighted by atomic mass is 32.1. The van der Waals surface area contributed by atoms with Crippen LogP contribution in [-0.4, -0.2) is 39.2 Å². The van der Waals surface area contributed by atoms with Crippen LogP contribution in [0, 0.1) is 0 Å². The van der Waals surface area contributed by atoms with Crippen molar-refractivity contribution in [1.29, 1.82) is 0 Å². The number of thiophene rings is 1. The lowest BCUT2D eigenvalue weighted by atomic mass is 10.0. The molecule has 3 aromatic rings. The minimum Gasteiger partial charge on any atom is -0.494 e. The first-order valence-electron chi connectivity index (χ1n) is 12.6. The van der Waals surface area contributed by atoms with Crippen LogP contribution in [0.25, 0.3) is 21.3 Å². The monoisotopic (exact) mass is 525 g/mol. The third kappa shape index (κ3) is 4.23. The molecule has 6 nitrogen and oxygen atoms in total. The van der Waals surface area contributed by atoms with E-state index in [0.29, 0.717) is 11.1 Å². The van der Waals surface area contributed by atoms with Crippen LogP contribution in [0.1, 0.15) is 60.5 Å². The van der Waals surface area contributed by atoms with Gasteiger partial charge >= 0.3 is 5.97 Å². The van der Waals surface area contributed by atoms with E-state index in [2.05, 4.69) is 39.9 Å². The van der Waals surface area contributed by atoms with Crippen molar-refractivity contribution in [3.63, 3.8) is 0 Å². The number of ether oxygens (including phenoxy) is 2. The highest BCUT2D eigenvalue weighted by Crippen LogP contribution is 2.46. The van der Waals surface area contributed by atoms with Gasteiger partial charge in [-0.05, 0) is 61.2 Å². The van der Waals surface area contributed by atoms with E-state index < -0.39 is 14.3 Å². The van der Waals surface area contributed by atoms with Crippen LogP contribution in [0.2, 0.25) is 18.1 Å². The van der Waals surface area contributed by atoms with Crippen molar-refractivity contribution >= 4 is 36.5 Å². The van der Waals surface area contributed by atoms with E-state index in [-0.39, 0.29) is 28.2 Å². The van der Waals surface area contributed by atoms with E-state index in [1.807, 2.05) is 16.7 Å². The Kier molecular flexibility index (Phi) is 6.21. The first kappa shape index (κ1) is 25.2. The maximum atomic E-state index is 13.2. The number of carbonyl (C=O) groups is 1. The van der Waals surface area contributed by atoms with E-state index in [9.17, 15) is 9.59 Å². The number of nitrogens with zero attached hydrogens (tertiary/aromatic N) is 1. The number of methoxy groups -OCH3 is 2. The Morgan fingerprint density at radius 1 is 1.14 bits per heavy atom. The molecule has 1 unspecified atom stereocenters. The quantitative estimate of drug-likeness (QED) is 0.277. The van der Waals surface area contributed by atoms with Crippen LogP contribution in [0.3, 0.4) is 0 Å². The molecule has 1 aromatic carbocycles. The van der Waals surface area contributed by atoms with Gasteiger partial charge in [-0.1, -0.05) is 20.8 Å². The first-order valence-corrected chi connectivity index (χ1v) is 16.3. The summed E-state index contributed by atoms with van der Waals surface area (Å²) in [5.74, 6) is 0.0745. The number of carbonyl (C=O) groups excluding carboxylic acids is 1. The molecule has 0 bridgehead atoms. The summed E-state index contributed by atoms with van der Waals surface area (Å²) < 4.78 is 19.6. The van der Waals surface area contributed by atoms with Crippen molar-refractivity contribution in [2.45, 2.75) is 76.7 Å². The summed E-state index contributed by atoms with van der Waals surface area (Å²) in [7, 11) is 1.13. The Morgan fingerprint density at radius 2 is 1.86 bits per heavy atom. The number of fused-ring (bicyclic) bond motifs is 2. The molecule has 0 saturated heterocycles. The summed E-state index contributed by atoms with van der Waals surface area (Å²) in [6.45, 7) is 11.5. The molecule has 1 atom stereocenters. The van der Waals surface area contributed by atoms with Gasteiger partial charge in [0.25, 0.3) is 0 Å². The number of esters is 1. The number of benzene rings is 1. The second kappa shape index (κ2) is 8.85. The molecule has 0 radical (unpaired) electrons. The van der Waals surface area contributed by atoms with Crippen LogP contribution < -0.4 is 10.2 Å². The minimum atomic E-state index is -1.82. The Hall–Kier alpha value is -2.42. The predicted molar refractivity (Wildman–Crippen MR) is 147 cm³/mol. The predicted octanol–water partition coefficient (Wildman–Crippen LogP) is 6.35. The standard InChI is InChI=1S/C28H35NO5SSi/c1-28(2,3)36(6,7)34-18-12-16-13-23(35-22(16)14-18)19-10-11-20-24(26(19)32-4)29(17-8-9-17)15-21(25(20)30)27(31)33-5/h10-11,13,15,17-18H,8-9,12,14H2,1-7H3. The number of aromatic nitrogens is 1. The average molecular weight is 526 g/mol. The lowest BCUT2D eigenvalue weighted by Crippen LogP contribution is -2.44. The molecule has 0 N–H and O–H groups in total. The second-order valence-corrected chi connectivity index (χ2v) is 17.4. The smallest absolute Gasteiger partial charge is 0.343 e. The van der Waals surface area contributed by atoms with Gasteiger partial charge in [0.2, 0.25) is 5.43 Å². The van der Waals surface area contributed by atoms with Crippen LogP contribution in [0.4, 0.5) is 0 Å². The average Bonchev–Trinajstić information content (AvgIpc) is 3.48. The molecule has 1 fully saturated rings. The van der Waals surface area contributed by atoms with Crippen molar-refractivity contribution in [2.24, 2.45) is 0 Å². The lowest BCUT2D eigenvalue weighted by molar-refractivity contribution is 0.0598. The lowest BCUT2D eigenvalue weighted by Gasteiger charge is -2.38. The van der Waals surface area contributed by atoms with E-state index in [4.69, 9.17) is 13.9 Å². The van der Waals surface area contributed by atoms with Crippen molar-refractivity contribution < 1.29 is 18.7 Å². The normalized spacial score (nSPS) is 17.9. The Labute approximate surface area is 217 Å². The molecule has 2 aliphatic carbocycles. The second-order valence-electron chi connectivity index (χ2n) is 11.5.